The lowest BCUT2D eigenvalue weighted by Crippen LogP contribution is -2.42. The minimum Gasteiger partial charge on any atom is -0.462 e. The van der Waals surface area contributed by atoms with Crippen molar-refractivity contribution in [2.45, 2.75) is 6.42 Å². The maximum atomic E-state index is 12.7. The number of rotatable bonds is 3. The number of thiazole rings is 1. The third-order valence-corrected chi connectivity index (χ3v) is 4.59. The molecule has 1 aliphatic rings. The molecule has 0 saturated carbocycles. The van der Waals surface area contributed by atoms with Crippen LogP contribution in [0.25, 0.3) is 10.8 Å². The molecule has 4 rings (SSSR count). The standard InChI is InChI=1S/C17H13N3O3S/c21-15-9-20(13-5-2-1-4-12(13)19-15)16(22)8-11-10-24-17(18-11)14-6-3-7-23-14/h1-7,10H,8-9H2,(H,19,21). The number of hydrogen-bond donors (Lipinski definition) is 1. The van der Waals surface area contributed by atoms with Crippen molar-refractivity contribution in [1.29, 1.82) is 0 Å². The number of carbonyl (C=O) groups excluding carboxylic acids is 2. The average Bonchev–Trinajstić information content (AvgIpc) is 3.25. The van der Waals surface area contributed by atoms with Gasteiger partial charge in [-0.1, -0.05) is 12.1 Å². The SMILES string of the molecule is O=C1CN(C(=O)Cc2csc(-c3ccco3)n2)c2ccccc2N1. The zero-order chi connectivity index (χ0) is 16.5. The van der Waals surface area contributed by atoms with Gasteiger partial charge in [-0.25, -0.2) is 4.98 Å². The van der Waals surface area contributed by atoms with Crippen LogP contribution in [0.3, 0.4) is 0 Å². The molecule has 24 heavy (non-hydrogen) atoms. The van der Waals surface area contributed by atoms with Crippen LogP contribution in [-0.4, -0.2) is 23.3 Å². The molecule has 7 heteroatoms. The van der Waals surface area contributed by atoms with Crippen LogP contribution in [-0.2, 0) is 16.0 Å². The van der Waals surface area contributed by atoms with E-state index in [0.29, 0.717) is 22.8 Å². The molecule has 0 bridgehead atoms. The molecule has 3 heterocycles. The molecule has 2 aromatic heterocycles. The Labute approximate surface area is 141 Å². The topological polar surface area (TPSA) is 75.4 Å². The fourth-order valence-electron chi connectivity index (χ4n) is 2.61. The molecule has 0 spiro atoms. The van der Waals surface area contributed by atoms with Crippen molar-refractivity contribution in [2.24, 2.45) is 0 Å². The van der Waals surface area contributed by atoms with E-state index >= 15 is 0 Å². The van der Waals surface area contributed by atoms with Gasteiger partial charge >= 0.3 is 0 Å². The number of carbonyl (C=O) groups is 2. The van der Waals surface area contributed by atoms with Crippen LogP contribution >= 0.6 is 11.3 Å². The van der Waals surface area contributed by atoms with E-state index in [4.69, 9.17) is 4.42 Å². The number of fused-ring (bicyclic) bond motifs is 1. The molecule has 1 aliphatic heterocycles. The Morgan fingerprint density at radius 2 is 2.17 bits per heavy atom. The maximum Gasteiger partial charge on any atom is 0.244 e. The third kappa shape index (κ3) is 2.69. The van der Waals surface area contributed by atoms with Crippen LogP contribution in [0.5, 0.6) is 0 Å². The van der Waals surface area contributed by atoms with Gasteiger partial charge in [-0.15, -0.1) is 11.3 Å². The Morgan fingerprint density at radius 3 is 3.00 bits per heavy atom. The Kier molecular flexibility index (Phi) is 3.62. The summed E-state index contributed by atoms with van der Waals surface area (Å²) in [7, 11) is 0. The molecule has 6 nitrogen and oxygen atoms in total. The number of anilines is 2. The van der Waals surface area contributed by atoms with Crippen molar-refractivity contribution in [3.8, 4) is 10.8 Å². The first-order valence-electron chi connectivity index (χ1n) is 7.38. The Bertz CT molecular complexity index is 901. The fraction of sp³-hybridized carbons (Fsp3) is 0.118. The highest BCUT2D eigenvalue weighted by molar-refractivity contribution is 7.13. The van der Waals surface area contributed by atoms with Crippen LogP contribution in [0.2, 0.25) is 0 Å². The molecule has 1 N–H and O–H groups in total. The molecule has 0 unspecified atom stereocenters. The number of hydrogen-bond acceptors (Lipinski definition) is 5. The van der Waals surface area contributed by atoms with Crippen molar-refractivity contribution in [2.75, 3.05) is 16.8 Å². The number of nitrogens with one attached hydrogen (secondary N) is 1. The van der Waals surface area contributed by atoms with E-state index in [1.807, 2.05) is 29.6 Å². The Hall–Kier alpha value is -2.93. The van der Waals surface area contributed by atoms with Gasteiger partial charge in [0.05, 0.1) is 29.8 Å². The second kappa shape index (κ2) is 5.93. The van der Waals surface area contributed by atoms with Gasteiger partial charge in [0.1, 0.15) is 6.54 Å². The van der Waals surface area contributed by atoms with E-state index < -0.39 is 0 Å². The minimum absolute atomic E-state index is 0.0189. The van der Waals surface area contributed by atoms with Crippen LogP contribution in [0.15, 0.2) is 52.5 Å². The lowest BCUT2D eigenvalue weighted by Gasteiger charge is -2.29. The molecule has 1 aromatic carbocycles. The molecule has 3 aromatic rings. The van der Waals surface area contributed by atoms with E-state index in [-0.39, 0.29) is 24.8 Å². The second-order valence-corrected chi connectivity index (χ2v) is 6.20. The van der Waals surface area contributed by atoms with Gasteiger partial charge < -0.3 is 14.6 Å². The highest BCUT2D eigenvalue weighted by Gasteiger charge is 2.27. The number of aromatic nitrogens is 1. The van der Waals surface area contributed by atoms with Crippen molar-refractivity contribution < 1.29 is 14.0 Å². The smallest absolute Gasteiger partial charge is 0.244 e. The summed E-state index contributed by atoms with van der Waals surface area (Å²) in [5.74, 6) is 0.326. The fourth-order valence-corrected chi connectivity index (χ4v) is 3.39. The summed E-state index contributed by atoms with van der Waals surface area (Å²) in [5, 5.41) is 5.35. The van der Waals surface area contributed by atoms with E-state index in [1.165, 1.54) is 16.2 Å². The van der Waals surface area contributed by atoms with Gasteiger partial charge in [-0.3, -0.25) is 9.59 Å². The molecule has 2 amide bonds. The summed E-state index contributed by atoms with van der Waals surface area (Å²) in [6.45, 7) is 0.0189. The van der Waals surface area contributed by atoms with Crippen LogP contribution in [0, 0.1) is 0 Å². The predicted molar refractivity (Wildman–Crippen MR) is 90.9 cm³/mol. The van der Waals surface area contributed by atoms with Gasteiger partial charge in [0, 0.05) is 5.38 Å². The zero-order valence-corrected chi connectivity index (χ0v) is 13.4. The molecule has 0 radical (unpaired) electrons. The average molecular weight is 339 g/mol. The predicted octanol–water partition coefficient (Wildman–Crippen LogP) is 2.93. The molecule has 0 atom stereocenters. The van der Waals surface area contributed by atoms with Gasteiger partial charge in [0.15, 0.2) is 10.8 Å². The van der Waals surface area contributed by atoms with Gasteiger partial charge in [0.25, 0.3) is 0 Å². The molecule has 0 aliphatic carbocycles. The summed E-state index contributed by atoms with van der Waals surface area (Å²) in [6, 6.07) is 10.9. The lowest BCUT2D eigenvalue weighted by atomic mass is 10.1. The third-order valence-electron chi connectivity index (χ3n) is 3.69. The van der Waals surface area contributed by atoms with Gasteiger partial charge in [-0.2, -0.15) is 0 Å². The van der Waals surface area contributed by atoms with Crippen molar-refractivity contribution >= 4 is 34.5 Å². The van der Waals surface area contributed by atoms with Gasteiger partial charge in [0.2, 0.25) is 11.8 Å². The van der Waals surface area contributed by atoms with E-state index in [9.17, 15) is 9.59 Å². The van der Waals surface area contributed by atoms with Crippen molar-refractivity contribution in [3.05, 3.63) is 53.7 Å². The number of furan rings is 1. The van der Waals surface area contributed by atoms with Crippen molar-refractivity contribution in [3.63, 3.8) is 0 Å². The first-order valence-corrected chi connectivity index (χ1v) is 8.26. The summed E-state index contributed by atoms with van der Waals surface area (Å²) >= 11 is 1.43. The minimum atomic E-state index is -0.198. The summed E-state index contributed by atoms with van der Waals surface area (Å²) in [4.78, 5) is 30.4. The second-order valence-electron chi connectivity index (χ2n) is 5.34. The molecule has 0 saturated heterocycles. The first kappa shape index (κ1) is 14.6. The normalized spacial score (nSPS) is 13.5. The van der Waals surface area contributed by atoms with Crippen LogP contribution in [0.4, 0.5) is 11.4 Å². The number of amides is 2. The largest absolute Gasteiger partial charge is 0.462 e. The molecule has 0 fully saturated rings. The Morgan fingerprint density at radius 1 is 1.29 bits per heavy atom. The highest BCUT2D eigenvalue weighted by atomic mass is 32.1. The van der Waals surface area contributed by atoms with E-state index in [1.54, 1.807) is 18.4 Å². The number of nitrogens with zero attached hydrogens (tertiary/aromatic N) is 2. The highest BCUT2D eigenvalue weighted by Crippen LogP contribution is 2.30. The zero-order valence-electron chi connectivity index (χ0n) is 12.6. The molecular formula is C17H13N3O3S. The quantitative estimate of drug-likeness (QED) is 0.796. The Balaban J connectivity index is 1.56. The first-order chi connectivity index (χ1) is 11.7. The summed E-state index contributed by atoms with van der Waals surface area (Å²) in [5.41, 5.74) is 2.03. The molecule has 120 valence electrons. The van der Waals surface area contributed by atoms with Crippen LogP contribution < -0.4 is 10.2 Å². The summed E-state index contributed by atoms with van der Waals surface area (Å²) in [6.07, 6.45) is 1.73. The maximum absolute atomic E-state index is 12.7. The van der Waals surface area contributed by atoms with E-state index in [0.717, 1.165) is 5.01 Å². The monoisotopic (exact) mass is 339 g/mol. The van der Waals surface area contributed by atoms with Gasteiger partial charge in [-0.05, 0) is 24.3 Å². The molecular weight excluding hydrogens is 326 g/mol. The summed E-state index contributed by atoms with van der Waals surface area (Å²) < 4.78 is 5.31. The van der Waals surface area contributed by atoms with Crippen LogP contribution in [0.1, 0.15) is 5.69 Å². The lowest BCUT2D eigenvalue weighted by molar-refractivity contribution is -0.121. The van der Waals surface area contributed by atoms with E-state index in [2.05, 4.69) is 10.3 Å². The number of para-hydroxylation sites is 2. The van der Waals surface area contributed by atoms with Crippen molar-refractivity contribution in [1.82, 2.24) is 4.98 Å². The number of benzene rings is 1.